The van der Waals surface area contributed by atoms with E-state index in [1.54, 1.807) is 12.4 Å². The number of rotatable bonds is 6. The van der Waals surface area contributed by atoms with Gasteiger partial charge in [-0.15, -0.1) is 0 Å². The Labute approximate surface area is 171 Å². The van der Waals surface area contributed by atoms with Gasteiger partial charge in [-0.2, -0.15) is 0 Å². The van der Waals surface area contributed by atoms with Gasteiger partial charge in [0.15, 0.2) is 5.96 Å². The SMILES string of the molecule is CCNC(=NCC(C)Oc1ccccc1Cl)N1CCN(c2ncccn2)CC1. The molecule has 1 aliphatic heterocycles. The van der Waals surface area contributed by atoms with Crippen LogP contribution in [0.4, 0.5) is 5.95 Å². The number of guanidine groups is 1. The molecule has 0 spiro atoms. The van der Waals surface area contributed by atoms with Gasteiger partial charge in [-0.25, -0.2) is 15.0 Å². The molecule has 0 bridgehead atoms. The molecule has 0 saturated carbocycles. The fourth-order valence-corrected chi connectivity index (χ4v) is 3.19. The summed E-state index contributed by atoms with van der Waals surface area (Å²) >= 11 is 6.17. The molecule has 1 N–H and O–H groups in total. The number of nitrogens with zero attached hydrogens (tertiary/aromatic N) is 5. The number of halogens is 1. The highest BCUT2D eigenvalue weighted by molar-refractivity contribution is 6.32. The van der Waals surface area contributed by atoms with Gasteiger partial charge in [-0.1, -0.05) is 23.7 Å². The Bertz CT molecular complexity index is 764. The molecule has 2 aromatic rings. The molecule has 28 heavy (non-hydrogen) atoms. The minimum absolute atomic E-state index is 0.0763. The van der Waals surface area contributed by atoms with E-state index in [0.717, 1.165) is 44.6 Å². The van der Waals surface area contributed by atoms with E-state index in [1.807, 2.05) is 37.3 Å². The number of para-hydroxylation sites is 1. The van der Waals surface area contributed by atoms with Crippen LogP contribution in [0.15, 0.2) is 47.7 Å². The van der Waals surface area contributed by atoms with E-state index in [0.29, 0.717) is 17.3 Å². The lowest BCUT2D eigenvalue weighted by Crippen LogP contribution is -2.53. The first-order valence-electron chi connectivity index (χ1n) is 9.63. The third-order valence-corrected chi connectivity index (χ3v) is 4.72. The van der Waals surface area contributed by atoms with Crippen molar-refractivity contribution in [2.24, 2.45) is 4.99 Å². The molecule has 1 aliphatic rings. The van der Waals surface area contributed by atoms with E-state index < -0.39 is 0 Å². The highest BCUT2D eigenvalue weighted by Gasteiger charge is 2.21. The van der Waals surface area contributed by atoms with Gasteiger partial charge in [-0.05, 0) is 32.0 Å². The first-order valence-corrected chi connectivity index (χ1v) is 10.0. The van der Waals surface area contributed by atoms with E-state index in [1.165, 1.54) is 0 Å². The highest BCUT2D eigenvalue weighted by Crippen LogP contribution is 2.24. The van der Waals surface area contributed by atoms with Gasteiger partial charge in [0.2, 0.25) is 5.95 Å². The van der Waals surface area contributed by atoms with Gasteiger partial charge in [0.1, 0.15) is 11.9 Å². The van der Waals surface area contributed by atoms with E-state index >= 15 is 0 Å². The summed E-state index contributed by atoms with van der Waals surface area (Å²) in [5.74, 6) is 2.38. The molecule has 150 valence electrons. The van der Waals surface area contributed by atoms with Gasteiger partial charge in [0, 0.05) is 45.1 Å². The largest absolute Gasteiger partial charge is 0.487 e. The number of piperazine rings is 1. The summed E-state index contributed by atoms with van der Waals surface area (Å²) in [6.07, 6.45) is 3.48. The van der Waals surface area contributed by atoms with Crippen molar-refractivity contribution in [2.75, 3.05) is 44.2 Å². The van der Waals surface area contributed by atoms with Crippen molar-refractivity contribution in [1.82, 2.24) is 20.2 Å². The normalized spacial score (nSPS) is 16.0. The molecule has 8 heteroatoms. The zero-order valence-corrected chi connectivity index (χ0v) is 17.1. The standard InChI is InChI=1S/C20H27ClN6O/c1-3-22-19(25-15-16(2)28-18-8-5-4-7-17(18)21)26-11-13-27(14-12-26)20-23-9-6-10-24-20/h4-10,16H,3,11-15H2,1-2H3,(H,22,25). The lowest BCUT2D eigenvalue weighted by molar-refractivity contribution is 0.229. The molecule has 3 rings (SSSR count). The summed E-state index contributed by atoms with van der Waals surface area (Å²) in [6.45, 7) is 8.90. The number of anilines is 1. The second-order valence-electron chi connectivity index (χ2n) is 6.58. The van der Waals surface area contributed by atoms with Crippen LogP contribution in [0.1, 0.15) is 13.8 Å². The first kappa shape index (κ1) is 20.2. The molecular formula is C20H27ClN6O. The van der Waals surface area contributed by atoms with Crippen molar-refractivity contribution in [3.63, 3.8) is 0 Å². The van der Waals surface area contributed by atoms with Gasteiger partial charge in [-0.3, -0.25) is 0 Å². The van der Waals surface area contributed by atoms with E-state index in [9.17, 15) is 0 Å². The molecular weight excluding hydrogens is 376 g/mol. The maximum atomic E-state index is 6.17. The van der Waals surface area contributed by atoms with Crippen LogP contribution in [0.2, 0.25) is 5.02 Å². The molecule has 7 nitrogen and oxygen atoms in total. The van der Waals surface area contributed by atoms with Crippen LogP contribution in [-0.2, 0) is 0 Å². The average Bonchev–Trinajstić information content (AvgIpc) is 2.73. The topological polar surface area (TPSA) is 65.9 Å². The summed E-state index contributed by atoms with van der Waals surface area (Å²) in [5.41, 5.74) is 0. The van der Waals surface area contributed by atoms with Crippen LogP contribution in [0.5, 0.6) is 5.75 Å². The zero-order valence-electron chi connectivity index (χ0n) is 16.4. The lowest BCUT2D eigenvalue weighted by Gasteiger charge is -2.36. The molecule has 1 atom stereocenters. The van der Waals surface area contributed by atoms with Crippen LogP contribution < -0.4 is 15.0 Å². The number of aromatic nitrogens is 2. The minimum Gasteiger partial charge on any atom is -0.487 e. The number of hydrogen-bond donors (Lipinski definition) is 1. The highest BCUT2D eigenvalue weighted by atomic mass is 35.5. The molecule has 1 unspecified atom stereocenters. The number of nitrogens with one attached hydrogen (secondary N) is 1. The van der Waals surface area contributed by atoms with Gasteiger partial charge in [0.25, 0.3) is 0 Å². The van der Waals surface area contributed by atoms with Crippen LogP contribution in [0, 0.1) is 0 Å². The Morgan fingerprint density at radius 1 is 1.18 bits per heavy atom. The van der Waals surface area contributed by atoms with Crippen molar-refractivity contribution in [1.29, 1.82) is 0 Å². The fourth-order valence-electron chi connectivity index (χ4n) is 3.01. The second-order valence-corrected chi connectivity index (χ2v) is 6.98. The van der Waals surface area contributed by atoms with Crippen molar-refractivity contribution < 1.29 is 4.74 Å². The molecule has 0 aliphatic carbocycles. The molecule has 1 saturated heterocycles. The third kappa shape index (κ3) is 5.48. The Hall–Kier alpha value is -2.54. The first-order chi connectivity index (χ1) is 13.7. The Balaban J connectivity index is 1.56. The number of aliphatic imine (C=N–C) groups is 1. The predicted octanol–water partition coefficient (Wildman–Crippen LogP) is 2.69. The summed E-state index contributed by atoms with van der Waals surface area (Å²) in [5, 5.41) is 4.00. The van der Waals surface area contributed by atoms with Gasteiger partial charge in [0.05, 0.1) is 11.6 Å². The monoisotopic (exact) mass is 402 g/mol. The van der Waals surface area contributed by atoms with Crippen molar-refractivity contribution in [2.45, 2.75) is 20.0 Å². The summed E-state index contributed by atoms with van der Waals surface area (Å²) < 4.78 is 5.93. The average molecular weight is 403 g/mol. The van der Waals surface area contributed by atoms with Crippen molar-refractivity contribution in [3.8, 4) is 5.75 Å². The molecule has 1 aromatic carbocycles. The van der Waals surface area contributed by atoms with Gasteiger partial charge >= 0.3 is 0 Å². The van der Waals surface area contributed by atoms with E-state index in [2.05, 4.69) is 32.0 Å². The van der Waals surface area contributed by atoms with Crippen molar-refractivity contribution in [3.05, 3.63) is 47.7 Å². The smallest absolute Gasteiger partial charge is 0.225 e. The number of hydrogen-bond acceptors (Lipinski definition) is 5. The molecule has 0 amide bonds. The molecule has 1 fully saturated rings. The number of ether oxygens (including phenoxy) is 1. The third-order valence-electron chi connectivity index (χ3n) is 4.41. The molecule has 0 radical (unpaired) electrons. The van der Waals surface area contributed by atoms with E-state index in [4.69, 9.17) is 21.3 Å². The predicted molar refractivity (Wildman–Crippen MR) is 113 cm³/mol. The van der Waals surface area contributed by atoms with E-state index in [-0.39, 0.29) is 6.10 Å². The summed E-state index contributed by atoms with van der Waals surface area (Å²) in [7, 11) is 0. The summed E-state index contributed by atoms with van der Waals surface area (Å²) in [4.78, 5) is 17.9. The fraction of sp³-hybridized carbons (Fsp3) is 0.450. The maximum absolute atomic E-state index is 6.17. The molecule has 1 aromatic heterocycles. The van der Waals surface area contributed by atoms with Crippen LogP contribution >= 0.6 is 11.6 Å². The Kier molecular flexibility index (Phi) is 7.31. The molecule has 2 heterocycles. The van der Waals surface area contributed by atoms with Crippen LogP contribution in [0.25, 0.3) is 0 Å². The zero-order chi connectivity index (χ0) is 19.8. The maximum Gasteiger partial charge on any atom is 0.225 e. The summed E-state index contributed by atoms with van der Waals surface area (Å²) in [6, 6.07) is 9.34. The van der Waals surface area contributed by atoms with Crippen LogP contribution in [0.3, 0.4) is 0 Å². The minimum atomic E-state index is -0.0763. The quantitative estimate of drug-likeness (QED) is 0.592. The van der Waals surface area contributed by atoms with Crippen LogP contribution in [-0.4, -0.2) is 66.2 Å². The van der Waals surface area contributed by atoms with Gasteiger partial charge < -0.3 is 19.9 Å². The van der Waals surface area contributed by atoms with Crippen molar-refractivity contribution >= 4 is 23.5 Å². The number of benzene rings is 1. The lowest BCUT2D eigenvalue weighted by atomic mass is 10.3. The Morgan fingerprint density at radius 2 is 1.89 bits per heavy atom. The second kappa shape index (κ2) is 10.1. The Morgan fingerprint density at radius 3 is 2.57 bits per heavy atom.